The number of nitrogens with zero attached hydrogens (tertiary/aromatic N) is 4. The van der Waals surface area contributed by atoms with Gasteiger partial charge in [-0.05, 0) is 62.6 Å². The Morgan fingerprint density at radius 3 is 2.38 bits per heavy atom. The number of benzene rings is 2. The summed E-state index contributed by atoms with van der Waals surface area (Å²) in [6, 6.07) is 21.7. The van der Waals surface area contributed by atoms with E-state index in [0.29, 0.717) is 25.2 Å². The molecule has 0 saturated carbocycles. The van der Waals surface area contributed by atoms with Gasteiger partial charge in [0.15, 0.2) is 5.65 Å². The minimum Gasteiger partial charge on any atom is -0.444 e. The molecule has 2 aromatic heterocycles. The number of carbonyl (C=O) groups excluding carboxylic acids is 1. The van der Waals surface area contributed by atoms with Crippen LogP contribution in [-0.4, -0.2) is 43.8 Å². The molecule has 0 aliphatic carbocycles. The van der Waals surface area contributed by atoms with E-state index in [2.05, 4.69) is 17.1 Å². The van der Waals surface area contributed by atoms with Crippen LogP contribution in [-0.2, 0) is 4.74 Å². The fourth-order valence-corrected chi connectivity index (χ4v) is 4.51. The average molecular weight is 457 g/mol. The van der Waals surface area contributed by atoms with Crippen LogP contribution in [0.25, 0.3) is 28.0 Å². The predicted octanol–water partition coefficient (Wildman–Crippen LogP) is 5.04. The van der Waals surface area contributed by atoms with Crippen LogP contribution >= 0.6 is 0 Å². The SMILES string of the molecule is CC(C)(C)OC(=O)N1CCC(n2c(=O)n(-c3ccc(-c4ccccc4)cc3)c3cccnc32)C1. The lowest BCUT2D eigenvalue weighted by Gasteiger charge is -2.24. The zero-order chi connectivity index (χ0) is 23.9. The summed E-state index contributed by atoms with van der Waals surface area (Å²) in [5.74, 6) is 0. The van der Waals surface area contributed by atoms with Gasteiger partial charge in [0.2, 0.25) is 0 Å². The summed E-state index contributed by atoms with van der Waals surface area (Å²) in [5.41, 5.74) is 3.64. The molecule has 1 fully saturated rings. The third-order valence-electron chi connectivity index (χ3n) is 6.05. The second-order valence-electron chi connectivity index (χ2n) is 9.62. The summed E-state index contributed by atoms with van der Waals surface area (Å²) in [6.45, 7) is 6.51. The van der Waals surface area contributed by atoms with Gasteiger partial charge in [0.25, 0.3) is 0 Å². The minimum atomic E-state index is -0.560. The van der Waals surface area contributed by atoms with Crippen LogP contribution in [0.15, 0.2) is 77.7 Å². The molecule has 1 saturated heterocycles. The lowest BCUT2D eigenvalue weighted by atomic mass is 10.1. The van der Waals surface area contributed by atoms with Crippen molar-refractivity contribution in [1.82, 2.24) is 19.0 Å². The van der Waals surface area contributed by atoms with Crippen molar-refractivity contribution >= 4 is 17.3 Å². The summed E-state index contributed by atoms with van der Waals surface area (Å²) >= 11 is 0. The minimum absolute atomic E-state index is 0.155. The number of fused-ring (bicyclic) bond motifs is 1. The second-order valence-corrected chi connectivity index (χ2v) is 9.62. The highest BCUT2D eigenvalue weighted by Gasteiger charge is 2.33. The standard InChI is InChI=1S/C27H28N4O3/c1-27(2,3)34-26(33)29-17-15-22(18-29)31-24-23(10-7-16-28-24)30(25(31)32)21-13-11-20(12-14-21)19-8-5-4-6-9-19/h4-14,16,22H,15,17-18H2,1-3H3. The number of pyridine rings is 1. The number of ether oxygens (including phenoxy) is 1. The van der Waals surface area contributed by atoms with E-state index in [1.165, 1.54) is 0 Å². The third-order valence-corrected chi connectivity index (χ3v) is 6.05. The number of hydrogen-bond donors (Lipinski definition) is 0. The normalized spacial score (nSPS) is 16.2. The Hall–Kier alpha value is -3.87. The second kappa shape index (κ2) is 8.48. The molecule has 0 spiro atoms. The molecule has 4 aromatic rings. The van der Waals surface area contributed by atoms with Crippen molar-refractivity contribution in [2.75, 3.05) is 13.1 Å². The lowest BCUT2D eigenvalue weighted by molar-refractivity contribution is 0.0289. The van der Waals surface area contributed by atoms with Gasteiger partial charge in [-0.15, -0.1) is 0 Å². The molecule has 7 nitrogen and oxygen atoms in total. The van der Waals surface area contributed by atoms with E-state index >= 15 is 0 Å². The van der Waals surface area contributed by atoms with Crippen molar-refractivity contribution in [2.45, 2.75) is 38.8 Å². The molecule has 5 rings (SSSR count). The van der Waals surface area contributed by atoms with Crippen molar-refractivity contribution in [3.63, 3.8) is 0 Å². The Morgan fingerprint density at radius 1 is 0.971 bits per heavy atom. The highest BCUT2D eigenvalue weighted by molar-refractivity contribution is 5.75. The lowest BCUT2D eigenvalue weighted by Crippen LogP contribution is -2.36. The molecule has 3 heterocycles. The number of hydrogen-bond acceptors (Lipinski definition) is 4. The molecule has 1 aliphatic heterocycles. The molecule has 0 radical (unpaired) electrons. The highest BCUT2D eigenvalue weighted by atomic mass is 16.6. The summed E-state index contributed by atoms with van der Waals surface area (Å²) in [6.07, 6.45) is 2.01. The third kappa shape index (κ3) is 4.09. The number of amides is 1. The zero-order valence-corrected chi connectivity index (χ0v) is 19.6. The first-order chi connectivity index (χ1) is 16.3. The first-order valence-corrected chi connectivity index (χ1v) is 11.5. The Labute approximate surface area is 198 Å². The molecule has 7 heteroatoms. The summed E-state index contributed by atoms with van der Waals surface area (Å²) < 4.78 is 8.95. The number of likely N-dealkylation sites (tertiary alicyclic amines) is 1. The molecule has 0 bridgehead atoms. The summed E-state index contributed by atoms with van der Waals surface area (Å²) in [4.78, 5) is 32.4. The van der Waals surface area contributed by atoms with Crippen molar-refractivity contribution in [3.8, 4) is 16.8 Å². The van der Waals surface area contributed by atoms with Gasteiger partial charge in [0.05, 0.1) is 17.2 Å². The van der Waals surface area contributed by atoms with Crippen LogP contribution < -0.4 is 5.69 Å². The van der Waals surface area contributed by atoms with Crippen molar-refractivity contribution in [2.24, 2.45) is 0 Å². The van der Waals surface area contributed by atoms with Gasteiger partial charge >= 0.3 is 11.8 Å². The Kier molecular flexibility index (Phi) is 5.48. The predicted molar refractivity (Wildman–Crippen MR) is 132 cm³/mol. The first-order valence-electron chi connectivity index (χ1n) is 11.5. The number of rotatable bonds is 3. The van der Waals surface area contributed by atoms with Crippen molar-refractivity contribution < 1.29 is 9.53 Å². The van der Waals surface area contributed by atoms with E-state index in [1.807, 2.05) is 75.4 Å². The molecule has 1 unspecified atom stereocenters. The zero-order valence-electron chi connectivity index (χ0n) is 19.6. The van der Waals surface area contributed by atoms with Crippen LogP contribution in [0.3, 0.4) is 0 Å². The fraction of sp³-hybridized carbons (Fsp3) is 0.296. The van der Waals surface area contributed by atoms with Crippen LogP contribution in [0.4, 0.5) is 4.79 Å². The van der Waals surface area contributed by atoms with Crippen LogP contribution in [0.5, 0.6) is 0 Å². The van der Waals surface area contributed by atoms with E-state index in [9.17, 15) is 9.59 Å². The largest absolute Gasteiger partial charge is 0.444 e. The molecule has 1 atom stereocenters. The highest BCUT2D eigenvalue weighted by Crippen LogP contribution is 2.27. The smallest absolute Gasteiger partial charge is 0.410 e. The molecule has 1 amide bonds. The maximum absolute atomic E-state index is 13.7. The van der Waals surface area contributed by atoms with Gasteiger partial charge in [-0.2, -0.15) is 0 Å². The van der Waals surface area contributed by atoms with Gasteiger partial charge in [0, 0.05) is 19.3 Å². The van der Waals surface area contributed by atoms with E-state index in [0.717, 1.165) is 22.3 Å². The molecule has 0 N–H and O–H groups in total. The van der Waals surface area contributed by atoms with E-state index < -0.39 is 5.60 Å². The maximum atomic E-state index is 13.7. The van der Waals surface area contributed by atoms with Crippen LogP contribution in [0.1, 0.15) is 33.2 Å². The topological polar surface area (TPSA) is 69.4 Å². The maximum Gasteiger partial charge on any atom is 0.410 e. The van der Waals surface area contributed by atoms with Crippen molar-refractivity contribution in [1.29, 1.82) is 0 Å². The Morgan fingerprint density at radius 2 is 1.68 bits per heavy atom. The van der Waals surface area contributed by atoms with E-state index in [-0.39, 0.29) is 17.8 Å². The van der Waals surface area contributed by atoms with Crippen molar-refractivity contribution in [3.05, 3.63) is 83.4 Å². The van der Waals surface area contributed by atoms with Gasteiger partial charge in [-0.25, -0.2) is 14.6 Å². The monoisotopic (exact) mass is 456 g/mol. The van der Waals surface area contributed by atoms with Gasteiger partial charge in [-0.1, -0.05) is 42.5 Å². The summed E-state index contributed by atoms with van der Waals surface area (Å²) in [7, 11) is 0. The Balaban J connectivity index is 1.50. The quantitative estimate of drug-likeness (QED) is 0.433. The molecular formula is C27H28N4O3. The number of imidazole rings is 1. The van der Waals surface area contributed by atoms with E-state index in [4.69, 9.17) is 4.74 Å². The Bertz CT molecular complexity index is 1380. The van der Waals surface area contributed by atoms with E-state index in [1.54, 1.807) is 20.2 Å². The van der Waals surface area contributed by atoms with Crippen LogP contribution in [0, 0.1) is 0 Å². The molecular weight excluding hydrogens is 428 g/mol. The summed E-state index contributed by atoms with van der Waals surface area (Å²) in [5, 5.41) is 0. The molecule has 174 valence electrons. The molecule has 2 aromatic carbocycles. The molecule has 1 aliphatic rings. The van der Waals surface area contributed by atoms with Crippen LogP contribution in [0.2, 0.25) is 0 Å². The number of carbonyl (C=O) groups is 1. The van der Waals surface area contributed by atoms with Gasteiger partial charge in [0.1, 0.15) is 5.60 Å². The fourth-order valence-electron chi connectivity index (χ4n) is 4.51. The number of aromatic nitrogens is 3. The van der Waals surface area contributed by atoms with Gasteiger partial charge < -0.3 is 9.64 Å². The first kappa shape index (κ1) is 21.9. The average Bonchev–Trinajstić information content (AvgIpc) is 3.41. The molecule has 34 heavy (non-hydrogen) atoms. The van der Waals surface area contributed by atoms with Gasteiger partial charge in [-0.3, -0.25) is 9.13 Å².